The Hall–Kier alpha value is -3.00. The fourth-order valence-corrected chi connectivity index (χ4v) is 3.46. The number of ether oxygens (including phenoxy) is 1. The molecule has 1 amide bonds. The number of hydrogen-bond donors (Lipinski definition) is 1. The molecule has 0 aliphatic carbocycles. The van der Waals surface area contributed by atoms with Crippen LogP contribution in [-0.2, 0) is 24.2 Å². The largest absolute Gasteiger partial charge is 0.487 e. The van der Waals surface area contributed by atoms with E-state index in [1.807, 2.05) is 36.6 Å². The van der Waals surface area contributed by atoms with E-state index in [0.717, 1.165) is 40.7 Å². The number of benzene rings is 1. The summed E-state index contributed by atoms with van der Waals surface area (Å²) < 4.78 is 11.0. The van der Waals surface area contributed by atoms with Gasteiger partial charge in [-0.1, -0.05) is 31.1 Å². The molecule has 0 saturated heterocycles. The molecule has 0 aliphatic heterocycles. The Morgan fingerprint density at radius 1 is 1.32 bits per heavy atom. The van der Waals surface area contributed by atoms with E-state index >= 15 is 0 Å². The summed E-state index contributed by atoms with van der Waals surface area (Å²) in [4.78, 5) is 20.8. The first-order valence-electron chi connectivity index (χ1n) is 10.4. The van der Waals surface area contributed by atoms with E-state index in [-0.39, 0.29) is 5.91 Å². The van der Waals surface area contributed by atoms with Crippen LogP contribution in [0.1, 0.15) is 48.2 Å². The minimum Gasteiger partial charge on any atom is -0.487 e. The summed E-state index contributed by atoms with van der Waals surface area (Å²) >= 11 is 1.61. The molecular formula is C23H28N4O3S. The molecular weight excluding hydrogens is 412 g/mol. The van der Waals surface area contributed by atoms with E-state index in [1.54, 1.807) is 17.4 Å². The summed E-state index contributed by atoms with van der Waals surface area (Å²) in [5.74, 6) is 2.45. The molecule has 1 N–H and O–H groups in total. The molecule has 2 heterocycles. The summed E-state index contributed by atoms with van der Waals surface area (Å²) in [6.07, 6.45) is 5.48. The van der Waals surface area contributed by atoms with Crippen LogP contribution in [0.2, 0.25) is 0 Å². The van der Waals surface area contributed by atoms with Crippen molar-refractivity contribution in [1.82, 2.24) is 20.4 Å². The summed E-state index contributed by atoms with van der Waals surface area (Å²) in [7, 11) is 0. The van der Waals surface area contributed by atoms with Crippen molar-refractivity contribution >= 4 is 23.3 Å². The Balaban J connectivity index is 1.38. The van der Waals surface area contributed by atoms with Crippen molar-refractivity contribution in [2.45, 2.75) is 46.6 Å². The molecule has 0 unspecified atom stereocenters. The summed E-state index contributed by atoms with van der Waals surface area (Å²) in [5.41, 5.74) is 1.81. The Labute approximate surface area is 186 Å². The molecule has 0 bridgehead atoms. The lowest BCUT2D eigenvalue weighted by Crippen LogP contribution is -2.22. The third-order valence-corrected chi connectivity index (χ3v) is 5.13. The van der Waals surface area contributed by atoms with Crippen molar-refractivity contribution in [3.05, 3.63) is 63.7 Å². The first-order chi connectivity index (χ1) is 15.0. The lowest BCUT2D eigenvalue weighted by atomic mass is 10.1. The van der Waals surface area contributed by atoms with E-state index < -0.39 is 0 Å². The third-order valence-electron chi connectivity index (χ3n) is 4.31. The standard InChI is InChI=1S/C23H28N4O3S/c1-16(2)12-21-26-23(30-27-21)8-5-11-24-22(28)10-9-18-6-4-7-20(13-18)29-14-19-15-31-17(3)25-19/h4,6-7,9-10,13,15-16H,5,8,11-12,14H2,1-3H3,(H,24,28). The fraction of sp³-hybridized carbons (Fsp3) is 0.391. The van der Waals surface area contributed by atoms with Gasteiger partial charge in [-0.15, -0.1) is 11.3 Å². The topological polar surface area (TPSA) is 90.1 Å². The van der Waals surface area contributed by atoms with Crippen LogP contribution in [0, 0.1) is 12.8 Å². The molecule has 1 aromatic carbocycles. The average molecular weight is 441 g/mol. The summed E-state index contributed by atoms with van der Waals surface area (Å²) in [6.45, 7) is 7.18. The quantitative estimate of drug-likeness (QED) is 0.352. The van der Waals surface area contributed by atoms with E-state index in [9.17, 15) is 4.79 Å². The van der Waals surface area contributed by atoms with Crippen LogP contribution in [0.3, 0.4) is 0 Å². The second kappa shape index (κ2) is 11.4. The molecule has 3 rings (SSSR count). The lowest BCUT2D eigenvalue weighted by molar-refractivity contribution is -0.116. The van der Waals surface area contributed by atoms with E-state index in [1.165, 1.54) is 6.08 Å². The number of nitrogens with zero attached hydrogens (tertiary/aromatic N) is 3. The highest BCUT2D eigenvalue weighted by Crippen LogP contribution is 2.17. The first kappa shape index (κ1) is 22.7. The van der Waals surface area contributed by atoms with Crippen molar-refractivity contribution in [3.63, 3.8) is 0 Å². The van der Waals surface area contributed by atoms with Gasteiger partial charge in [-0.3, -0.25) is 4.79 Å². The Kier molecular flexibility index (Phi) is 8.35. The second-order valence-corrected chi connectivity index (χ2v) is 8.71. The number of carbonyl (C=O) groups is 1. The minimum absolute atomic E-state index is 0.143. The van der Waals surface area contributed by atoms with Gasteiger partial charge in [-0.05, 0) is 43.0 Å². The molecule has 0 saturated carbocycles. The van der Waals surface area contributed by atoms with Crippen molar-refractivity contribution < 1.29 is 14.1 Å². The maximum Gasteiger partial charge on any atom is 0.243 e. The molecule has 7 nitrogen and oxygen atoms in total. The Morgan fingerprint density at radius 3 is 2.97 bits per heavy atom. The van der Waals surface area contributed by atoms with Crippen molar-refractivity contribution in [1.29, 1.82) is 0 Å². The van der Waals surface area contributed by atoms with Gasteiger partial charge in [0.25, 0.3) is 0 Å². The number of hydrogen-bond acceptors (Lipinski definition) is 7. The number of thiazole rings is 1. The molecule has 0 fully saturated rings. The predicted octanol–water partition coefficient (Wildman–Crippen LogP) is 4.37. The van der Waals surface area contributed by atoms with Crippen LogP contribution >= 0.6 is 11.3 Å². The highest BCUT2D eigenvalue weighted by Gasteiger charge is 2.08. The minimum atomic E-state index is -0.143. The van der Waals surface area contributed by atoms with Gasteiger partial charge in [-0.2, -0.15) is 4.98 Å². The van der Waals surface area contributed by atoms with Gasteiger partial charge in [0.2, 0.25) is 11.8 Å². The molecule has 2 aromatic heterocycles. The van der Waals surface area contributed by atoms with Crippen LogP contribution in [0.4, 0.5) is 0 Å². The number of aromatic nitrogens is 3. The van der Waals surface area contributed by atoms with Crippen molar-refractivity contribution in [3.8, 4) is 5.75 Å². The zero-order valence-electron chi connectivity index (χ0n) is 18.1. The number of carbonyl (C=O) groups excluding carboxylic acids is 1. The monoisotopic (exact) mass is 440 g/mol. The molecule has 0 radical (unpaired) electrons. The normalized spacial score (nSPS) is 11.4. The zero-order valence-corrected chi connectivity index (χ0v) is 18.9. The molecule has 0 atom stereocenters. The smallest absolute Gasteiger partial charge is 0.243 e. The number of amides is 1. The van der Waals surface area contributed by atoms with Crippen molar-refractivity contribution in [2.24, 2.45) is 5.92 Å². The van der Waals surface area contributed by atoms with E-state index in [0.29, 0.717) is 31.4 Å². The SMILES string of the molecule is Cc1nc(COc2cccc(C=CC(=O)NCCCc3nc(CC(C)C)no3)c2)cs1. The van der Waals surface area contributed by atoms with Crippen LogP contribution < -0.4 is 10.1 Å². The van der Waals surface area contributed by atoms with E-state index in [4.69, 9.17) is 9.26 Å². The Morgan fingerprint density at radius 2 is 2.19 bits per heavy atom. The molecule has 8 heteroatoms. The maximum absolute atomic E-state index is 12.1. The highest BCUT2D eigenvalue weighted by atomic mass is 32.1. The molecule has 31 heavy (non-hydrogen) atoms. The summed E-state index contributed by atoms with van der Waals surface area (Å²) in [5, 5.41) is 9.86. The number of rotatable bonds is 11. The van der Waals surface area contributed by atoms with Crippen LogP contribution in [-0.4, -0.2) is 27.6 Å². The Bertz CT molecular complexity index is 1010. The second-order valence-electron chi connectivity index (χ2n) is 7.65. The maximum atomic E-state index is 12.1. The van der Waals surface area contributed by atoms with Crippen LogP contribution in [0.15, 0.2) is 40.2 Å². The zero-order chi connectivity index (χ0) is 22.1. The fourth-order valence-electron chi connectivity index (χ4n) is 2.86. The molecule has 0 aliphatic rings. The third kappa shape index (κ3) is 7.97. The number of aryl methyl sites for hydroxylation is 2. The van der Waals surface area contributed by atoms with E-state index in [2.05, 4.69) is 34.3 Å². The molecule has 164 valence electrons. The van der Waals surface area contributed by atoms with Crippen LogP contribution in [0.5, 0.6) is 5.75 Å². The first-order valence-corrected chi connectivity index (χ1v) is 11.3. The van der Waals surface area contributed by atoms with Gasteiger partial charge in [0.1, 0.15) is 12.4 Å². The van der Waals surface area contributed by atoms with Gasteiger partial charge in [0.05, 0.1) is 10.7 Å². The van der Waals surface area contributed by atoms with Gasteiger partial charge in [-0.25, -0.2) is 4.98 Å². The lowest BCUT2D eigenvalue weighted by Gasteiger charge is -2.05. The van der Waals surface area contributed by atoms with Crippen LogP contribution in [0.25, 0.3) is 6.08 Å². The summed E-state index contributed by atoms with van der Waals surface area (Å²) in [6, 6.07) is 7.61. The van der Waals surface area contributed by atoms with Gasteiger partial charge < -0.3 is 14.6 Å². The molecule has 0 spiro atoms. The predicted molar refractivity (Wildman–Crippen MR) is 121 cm³/mol. The van der Waals surface area contributed by atoms with Gasteiger partial charge >= 0.3 is 0 Å². The van der Waals surface area contributed by atoms with Crippen molar-refractivity contribution in [2.75, 3.05) is 6.54 Å². The van der Waals surface area contributed by atoms with Gasteiger partial charge in [0, 0.05) is 30.8 Å². The highest BCUT2D eigenvalue weighted by molar-refractivity contribution is 7.09. The number of nitrogens with one attached hydrogen (secondary N) is 1. The average Bonchev–Trinajstić information content (AvgIpc) is 3.36. The van der Waals surface area contributed by atoms with Gasteiger partial charge in [0.15, 0.2) is 5.82 Å². The molecule has 3 aromatic rings.